The van der Waals surface area contributed by atoms with E-state index in [0.29, 0.717) is 6.54 Å². The van der Waals surface area contributed by atoms with Gasteiger partial charge >= 0.3 is 0 Å². The number of likely N-dealkylation sites (N-methyl/N-ethyl adjacent to an activating group) is 1. The Balaban J connectivity index is 2.49. The average molecular weight is 241 g/mol. The third kappa shape index (κ3) is 4.28. The molecule has 1 heterocycles. The van der Waals surface area contributed by atoms with Gasteiger partial charge in [0.25, 0.3) is 0 Å². The van der Waals surface area contributed by atoms with Gasteiger partial charge in [0.2, 0.25) is 5.91 Å². The fourth-order valence-electron chi connectivity index (χ4n) is 1.91. The number of amides is 1. The van der Waals surface area contributed by atoms with Crippen LogP contribution in [0, 0.1) is 0 Å². The van der Waals surface area contributed by atoms with Gasteiger partial charge in [0.05, 0.1) is 6.54 Å². The molecule has 0 saturated carbocycles. The largest absolute Gasteiger partial charge is 0.338 e. The number of hydrogen-bond acceptors (Lipinski definition) is 3. The SMILES string of the molecule is CN1CCN(C(=O)CNC(C)(C)C)CC1(C)C. The van der Waals surface area contributed by atoms with Crippen molar-refractivity contribution in [1.82, 2.24) is 15.1 Å². The van der Waals surface area contributed by atoms with E-state index in [9.17, 15) is 4.79 Å². The van der Waals surface area contributed by atoms with E-state index in [-0.39, 0.29) is 17.0 Å². The Morgan fingerprint density at radius 3 is 2.35 bits per heavy atom. The molecule has 17 heavy (non-hydrogen) atoms. The molecule has 1 N–H and O–H groups in total. The Morgan fingerprint density at radius 2 is 1.88 bits per heavy atom. The van der Waals surface area contributed by atoms with Gasteiger partial charge in [-0.25, -0.2) is 0 Å². The van der Waals surface area contributed by atoms with E-state index in [4.69, 9.17) is 0 Å². The van der Waals surface area contributed by atoms with Crippen LogP contribution in [0.4, 0.5) is 0 Å². The fourth-order valence-corrected chi connectivity index (χ4v) is 1.91. The molecule has 100 valence electrons. The summed E-state index contributed by atoms with van der Waals surface area (Å²) >= 11 is 0. The molecular formula is C13H27N3O. The number of hydrogen-bond donors (Lipinski definition) is 1. The molecule has 0 radical (unpaired) electrons. The first-order valence-electron chi connectivity index (χ1n) is 6.36. The van der Waals surface area contributed by atoms with Crippen LogP contribution in [-0.4, -0.2) is 60.0 Å². The van der Waals surface area contributed by atoms with Crippen LogP contribution in [-0.2, 0) is 4.79 Å². The molecule has 4 heteroatoms. The minimum atomic E-state index is -0.00223. The van der Waals surface area contributed by atoms with Gasteiger partial charge in [0.1, 0.15) is 0 Å². The van der Waals surface area contributed by atoms with E-state index in [0.717, 1.165) is 19.6 Å². The number of carbonyl (C=O) groups excluding carboxylic acids is 1. The Labute approximate surface area is 105 Å². The standard InChI is InChI=1S/C13H27N3O/c1-12(2,3)14-9-11(17)16-8-7-15(6)13(4,5)10-16/h14H,7-10H2,1-6H3. The zero-order valence-electron chi connectivity index (χ0n) is 12.1. The van der Waals surface area contributed by atoms with Gasteiger partial charge < -0.3 is 10.2 Å². The molecule has 0 aromatic heterocycles. The molecule has 4 nitrogen and oxygen atoms in total. The quantitative estimate of drug-likeness (QED) is 0.781. The first-order valence-corrected chi connectivity index (χ1v) is 6.36. The number of piperazine rings is 1. The van der Waals surface area contributed by atoms with Crippen molar-refractivity contribution in [3.63, 3.8) is 0 Å². The van der Waals surface area contributed by atoms with Crippen molar-refractivity contribution in [2.45, 2.75) is 45.7 Å². The van der Waals surface area contributed by atoms with Crippen molar-refractivity contribution >= 4 is 5.91 Å². The topological polar surface area (TPSA) is 35.6 Å². The lowest BCUT2D eigenvalue weighted by Crippen LogP contribution is -2.60. The van der Waals surface area contributed by atoms with Gasteiger partial charge in [-0.2, -0.15) is 0 Å². The summed E-state index contributed by atoms with van der Waals surface area (Å²) in [6, 6.07) is 0. The second-order valence-corrected chi connectivity index (χ2v) is 6.65. The van der Waals surface area contributed by atoms with Crippen molar-refractivity contribution < 1.29 is 4.79 Å². The summed E-state index contributed by atoms with van der Waals surface area (Å²) in [4.78, 5) is 16.4. The maximum absolute atomic E-state index is 12.1. The Bertz CT molecular complexity index is 281. The number of nitrogens with zero attached hydrogens (tertiary/aromatic N) is 2. The van der Waals surface area contributed by atoms with Crippen molar-refractivity contribution in [2.75, 3.05) is 33.2 Å². The van der Waals surface area contributed by atoms with Crippen LogP contribution in [0.25, 0.3) is 0 Å². The Kier molecular flexibility index (Phi) is 4.20. The van der Waals surface area contributed by atoms with Crippen molar-refractivity contribution in [3.05, 3.63) is 0 Å². The summed E-state index contributed by atoms with van der Waals surface area (Å²) in [6.45, 7) is 13.6. The van der Waals surface area contributed by atoms with Crippen LogP contribution in [0.15, 0.2) is 0 Å². The van der Waals surface area contributed by atoms with Gasteiger partial charge in [-0.3, -0.25) is 9.69 Å². The maximum Gasteiger partial charge on any atom is 0.236 e. The zero-order valence-corrected chi connectivity index (χ0v) is 12.1. The molecule has 0 spiro atoms. The van der Waals surface area contributed by atoms with E-state index in [1.165, 1.54) is 0 Å². The fraction of sp³-hybridized carbons (Fsp3) is 0.923. The third-order valence-corrected chi connectivity index (χ3v) is 3.44. The van der Waals surface area contributed by atoms with Gasteiger partial charge in [-0.05, 0) is 41.7 Å². The van der Waals surface area contributed by atoms with Gasteiger partial charge in [0.15, 0.2) is 0 Å². The molecule has 1 amide bonds. The van der Waals surface area contributed by atoms with Crippen LogP contribution in [0.5, 0.6) is 0 Å². The normalized spacial score (nSPS) is 21.6. The second-order valence-electron chi connectivity index (χ2n) is 6.65. The minimum Gasteiger partial charge on any atom is -0.338 e. The number of rotatable bonds is 2. The first-order chi connectivity index (χ1) is 7.62. The second kappa shape index (κ2) is 4.94. The highest BCUT2D eigenvalue weighted by molar-refractivity contribution is 5.78. The Hall–Kier alpha value is -0.610. The lowest BCUT2D eigenvalue weighted by atomic mass is 9.99. The summed E-state index contributed by atoms with van der Waals surface area (Å²) in [5, 5.41) is 3.25. The number of nitrogens with one attached hydrogen (secondary N) is 1. The molecule has 1 aliphatic rings. The average Bonchev–Trinajstić information content (AvgIpc) is 2.17. The zero-order chi connectivity index (χ0) is 13.3. The highest BCUT2D eigenvalue weighted by atomic mass is 16.2. The molecule has 0 bridgehead atoms. The lowest BCUT2D eigenvalue weighted by Gasteiger charge is -2.45. The summed E-state index contributed by atoms with van der Waals surface area (Å²) in [5.74, 6) is 0.209. The highest BCUT2D eigenvalue weighted by Crippen LogP contribution is 2.18. The molecule has 0 aliphatic carbocycles. The molecule has 0 aromatic rings. The van der Waals surface area contributed by atoms with Crippen molar-refractivity contribution in [3.8, 4) is 0 Å². The summed E-state index contributed by atoms with van der Waals surface area (Å²) in [5.41, 5.74) is 0.0768. The number of carbonyl (C=O) groups is 1. The van der Waals surface area contributed by atoms with E-state index >= 15 is 0 Å². The molecule has 0 unspecified atom stereocenters. The van der Waals surface area contributed by atoms with Gasteiger partial charge in [-0.1, -0.05) is 0 Å². The molecule has 1 rings (SSSR count). The lowest BCUT2D eigenvalue weighted by molar-refractivity contribution is -0.135. The summed E-state index contributed by atoms with van der Waals surface area (Å²) < 4.78 is 0. The molecule has 1 aliphatic heterocycles. The third-order valence-electron chi connectivity index (χ3n) is 3.44. The summed E-state index contributed by atoms with van der Waals surface area (Å²) in [7, 11) is 2.12. The van der Waals surface area contributed by atoms with Crippen LogP contribution >= 0.6 is 0 Å². The van der Waals surface area contributed by atoms with Crippen molar-refractivity contribution in [1.29, 1.82) is 0 Å². The van der Waals surface area contributed by atoms with E-state index in [1.54, 1.807) is 0 Å². The van der Waals surface area contributed by atoms with Gasteiger partial charge in [-0.15, -0.1) is 0 Å². The van der Waals surface area contributed by atoms with Crippen LogP contribution < -0.4 is 5.32 Å². The van der Waals surface area contributed by atoms with Gasteiger partial charge in [0, 0.05) is 30.7 Å². The monoisotopic (exact) mass is 241 g/mol. The maximum atomic E-state index is 12.1. The molecule has 0 aromatic carbocycles. The van der Waals surface area contributed by atoms with Crippen LogP contribution in [0.3, 0.4) is 0 Å². The van der Waals surface area contributed by atoms with Crippen LogP contribution in [0.2, 0.25) is 0 Å². The molecule has 0 atom stereocenters. The molecule has 1 saturated heterocycles. The summed E-state index contributed by atoms with van der Waals surface area (Å²) in [6.07, 6.45) is 0. The predicted octanol–water partition coefficient (Wildman–Crippen LogP) is 0.927. The Morgan fingerprint density at radius 1 is 1.29 bits per heavy atom. The van der Waals surface area contributed by atoms with Crippen LogP contribution in [0.1, 0.15) is 34.6 Å². The van der Waals surface area contributed by atoms with Crippen molar-refractivity contribution in [2.24, 2.45) is 0 Å². The molecular weight excluding hydrogens is 214 g/mol. The highest BCUT2D eigenvalue weighted by Gasteiger charge is 2.33. The van der Waals surface area contributed by atoms with E-state index < -0.39 is 0 Å². The van der Waals surface area contributed by atoms with E-state index in [1.807, 2.05) is 4.90 Å². The molecule has 1 fully saturated rings. The first kappa shape index (κ1) is 14.5. The van der Waals surface area contributed by atoms with E-state index in [2.05, 4.69) is 51.9 Å². The predicted molar refractivity (Wildman–Crippen MR) is 71.0 cm³/mol. The minimum absolute atomic E-state index is 0.00223. The smallest absolute Gasteiger partial charge is 0.236 e.